The van der Waals surface area contributed by atoms with Crippen molar-refractivity contribution in [1.29, 1.82) is 0 Å². The number of nitrogens with zero attached hydrogens (tertiary/aromatic N) is 3. The number of aryl methyl sites for hydroxylation is 1. The molecule has 6 heteroatoms. The summed E-state index contributed by atoms with van der Waals surface area (Å²) in [4.78, 5) is 23.5. The van der Waals surface area contributed by atoms with E-state index in [1.807, 2.05) is 4.90 Å². The van der Waals surface area contributed by atoms with Crippen LogP contribution in [-0.2, 0) is 6.42 Å². The summed E-state index contributed by atoms with van der Waals surface area (Å²) in [6.07, 6.45) is 4.66. The SMILES string of the molecule is CCc1csc([C@@H]2CCCN(C(=O)c3cc(OC)ccn3)C2)n1. The van der Waals surface area contributed by atoms with Crippen molar-refractivity contribution in [3.05, 3.63) is 40.1 Å². The third-order valence-electron chi connectivity index (χ3n) is 4.18. The number of thiazole rings is 1. The highest BCUT2D eigenvalue weighted by Gasteiger charge is 2.27. The average Bonchev–Trinajstić information content (AvgIpc) is 3.10. The summed E-state index contributed by atoms with van der Waals surface area (Å²) in [5.41, 5.74) is 1.58. The quantitative estimate of drug-likeness (QED) is 0.864. The molecule has 0 bridgehead atoms. The molecule has 122 valence electrons. The Labute approximate surface area is 140 Å². The van der Waals surface area contributed by atoms with Crippen LogP contribution in [0.4, 0.5) is 0 Å². The molecular formula is C17H21N3O2S. The molecule has 5 nitrogen and oxygen atoms in total. The second-order valence-electron chi connectivity index (χ2n) is 5.70. The number of pyridine rings is 1. The standard InChI is InChI=1S/C17H21N3O2S/c1-3-13-11-23-16(19-13)12-5-4-8-20(10-12)17(21)15-9-14(22-2)6-7-18-15/h6-7,9,11-12H,3-5,8,10H2,1-2H3/t12-/m1/s1. The molecule has 1 atom stereocenters. The third kappa shape index (κ3) is 3.52. The fraction of sp³-hybridized carbons (Fsp3) is 0.471. The molecule has 0 unspecified atom stereocenters. The van der Waals surface area contributed by atoms with Gasteiger partial charge in [-0.15, -0.1) is 11.3 Å². The minimum absolute atomic E-state index is 0.0270. The number of likely N-dealkylation sites (tertiary alicyclic amines) is 1. The number of piperidine rings is 1. The van der Waals surface area contributed by atoms with Gasteiger partial charge >= 0.3 is 0 Å². The van der Waals surface area contributed by atoms with Crippen molar-refractivity contribution < 1.29 is 9.53 Å². The third-order valence-corrected chi connectivity index (χ3v) is 5.23. The predicted octanol–water partition coefficient (Wildman–Crippen LogP) is 3.13. The van der Waals surface area contributed by atoms with Gasteiger partial charge in [0.2, 0.25) is 0 Å². The minimum atomic E-state index is -0.0270. The number of amides is 1. The minimum Gasteiger partial charge on any atom is -0.497 e. The number of rotatable bonds is 4. The number of carbonyl (C=O) groups is 1. The van der Waals surface area contributed by atoms with Gasteiger partial charge in [0.05, 0.1) is 17.8 Å². The van der Waals surface area contributed by atoms with Crippen molar-refractivity contribution in [2.24, 2.45) is 0 Å². The number of carbonyl (C=O) groups excluding carboxylic acids is 1. The first-order valence-corrected chi connectivity index (χ1v) is 8.82. The van der Waals surface area contributed by atoms with Gasteiger partial charge in [-0.3, -0.25) is 9.78 Å². The summed E-state index contributed by atoms with van der Waals surface area (Å²) in [6, 6.07) is 3.45. The predicted molar refractivity (Wildman–Crippen MR) is 90.2 cm³/mol. The van der Waals surface area contributed by atoms with Crippen LogP contribution in [0.5, 0.6) is 5.75 Å². The molecule has 1 amide bonds. The van der Waals surface area contributed by atoms with Gasteiger partial charge in [0, 0.05) is 36.7 Å². The van der Waals surface area contributed by atoms with E-state index in [0.29, 0.717) is 23.9 Å². The average molecular weight is 331 g/mol. The number of hydrogen-bond donors (Lipinski definition) is 0. The van der Waals surface area contributed by atoms with E-state index in [9.17, 15) is 4.79 Å². The van der Waals surface area contributed by atoms with Crippen LogP contribution in [0.2, 0.25) is 0 Å². The van der Waals surface area contributed by atoms with Gasteiger partial charge in [0.15, 0.2) is 0 Å². The maximum Gasteiger partial charge on any atom is 0.272 e. The molecule has 0 saturated carbocycles. The molecule has 1 saturated heterocycles. The summed E-state index contributed by atoms with van der Waals surface area (Å²) in [7, 11) is 1.59. The van der Waals surface area contributed by atoms with Gasteiger partial charge < -0.3 is 9.64 Å². The Morgan fingerprint density at radius 2 is 2.39 bits per heavy atom. The Bertz CT molecular complexity index is 686. The number of methoxy groups -OCH3 is 1. The van der Waals surface area contributed by atoms with Crippen LogP contribution in [0, 0.1) is 0 Å². The molecule has 1 fully saturated rings. The second-order valence-corrected chi connectivity index (χ2v) is 6.59. The topological polar surface area (TPSA) is 55.3 Å². The molecule has 1 aliphatic heterocycles. The maximum absolute atomic E-state index is 12.7. The smallest absolute Gasteiger partial charge is 0.272 e. The first kappa shape index (κ1) is 15.9. The number of aromatic nitrogens is 2. The Kier molecular flexibility index (Phi) is 4.91. The van der Waals surface area contributed by atoms with Crippen LogP contribution in [-0.4, -0.2) is 41.0 Å². The lowest BCUT2D eigenvalue weighted by Crippen LogP contribution is -2.39. The van der Waals surface area contributed by atoms with E-state index in [0.717, 1.165) is 36.5 Å². The lowest BCUT2D eigenvalue weighted by atomic mass is 9.98. The van der Waals surface area contributed by atoms with E-state index in [2.05, 4.69) is 17.3 Å². The van der Waals surface area contributed by atoms with Crippen LogP contribution in [0.3, 0.4) is 0 Å². The van der Waals surface area contributed by atoms with Crippen LogP contribution in [0.15, 0.2) is 23.7 Å². The lowest BCUT2D eigenvalue weighted by Gasteiger charge is -2.31. The van der Waals surface area contributed by atoms with Crippen LogP contribution < -0.4 is 4.74 Å². The molecule has 1 aliphatic rings. The Balaban J connectivity index is 1.73. The van der Waals surface area contributed by atoms with E-state index in [1.165, 1.54) is 0 Å². The lowest BCUT2D eigenvalue weighted by molar-refractivity contribution is 0.0700. The first-order valence-electron chi connectivity index (χ1n) is 7.95. The molecule has 2 aromatic heterocycles. The van der Waals surface area contributed by atoms with Crippen molar-refractivity contribution in [3.8, 4) is 5.75 Å². The molecule has 2 aromatic rings. The Hall–Kier alpha value is -1.95. The van der Waals surface area contributed by atoms with Gasteiger partial charge in [0.25, 0.3) is 5.91 Å². The Morgan fingerprint density at radius 3 is 3.13 bits per heavy atom. The van der Waals surface area contributed by atoms with E-state index < -0.39 is 0 Å². The number of ether oxygens (including phenoxy) is 1. The Morgan fingerprint density at radius 1 is 1.52 bits per heavy atom. The van der Waals surface area contributed by atoms with E-state index in [1.54, 1.807) is 36.8 Å². The van der Waals surface area contributed by atoms with Gasteiger partial charge in [-0.25, -0.2) is 4.98 Å². The number of hydrogen-bond acceptors (Lipinski definition) is 5. The largest absolute Gasteiger partial charge is 0.497 e. The normalized spacial score (nSPS) is 18.0. The molecule has 0 aromatic carbocycles. The highest BCUT2D eigenvalue weighted by Crippen LogP contribution is 2.30. The molecule has 0 N–H and O–H groups in total. The molecule has 23 heavy (non-hydrogen) atoms. The van der Waals surface area contributed by atoms with Crippen molar-refractivity contribution in [3.63, 3.8) is 0 Å². The van der Waals surface area contributed by atoms with Crippen molar-refractivity contribution >= 4 is 17.2 Å². The molecular weight excluding hydrogens is 310 g/mol. The fourth-order valence-corrected chi connectivity index (χ4v) is 3.88. The summed E-state index contributed by atoms with van der Waals surface area (Å²) in [6.45, 7) is 3.61. The molecule has 0 aliphatic carbocycles. The van der Waals surface area contributed by atoms with Crippen molar-refractivity contribution in [2.45, 2.75) is 32.1 Å². The van der Waals surface area contributed by atoms with E-state index >= 15 is 0 Å². The zero-order valence-electron chi connectivity index (χ0n) is 13.5. The van der Waals surface area contributed by atoms with Gasteiger partial charge in [-0.05, 0) is 25.3 Å². The molecule has 0 spiro atoms. The van der Waals surface area contributed by atoms with Crippen LogP contribution in [0.25, 0.3) is 0 Å². The van der Waals surface area contributed by atoms with E-state index in [-0.39, 0.29) is 5.91 Å². The fourth-order valence-electron chi connectivity index (χ4n) is 2.85. The zero-order valence-corrected chi connectivity index (χ0v) is 14.3. The van der Waals surface area contributed by atoms with E-state index in [4.69, 9.17) is 9.72 Å². The zero-order chi connectivity index (χ0) is 16.2. The summed E-state index contributed by atoms with van der Waals surface area (Å²) in [5, 5.41) is 3.28. The highest BCUT2D eigenvalue weighted by atomic mass is 32.1. The summed E-state index contributed by atoms with van der Waals surface area (Å²) < 4.78 is 5.18. The second kappa shape index (κ2) is 7.08. The summed E-state index contributed by atoms with van der Waals surface area (Å²) >= 11 is 1.71. The van der Waals surface area contributed by atoms with Crippen LogP contribution in [0.1, 0.15) is 46.9 Å². The van der Waals surface area contributed by atoms with Crippen molar-refractivity contribution in [2.75, 3.05) is 20.2 Å². The molecule has 0 radical (unpaired) electrons. The monoisotopic (exact) mass is 331 g/mol. The summed E-state index contributed by atoms with van der Waals surface area (Å²) in [5.74, 6) is 0.967. The molecule has 3 heterocycles. The maximum atomic E-state index is 12.7. The van der Waals surface area contributed by atoms with Gasteiger partial charge in [-0.2, -0.15) is 0 Å². The first-order chi connectivity index (χ1) is 11.2. The van der Waals surface area contributed by atoms with Gasteiger partial charge in [-0.1, -0.05) is 6.92 Å². The van der Waals surface area contributed by atoms with Crippen molar-refractivity contribution in [1.82, 2.24) is 14.9 Å². The molecule has 3 rings (SSSR count). The van der Waals surface area contributed by atoms with Gasteiger partial charge in [0.1, 0.15) is 11.4 Å². The highest BCUT2D eigenvalue weighted by molar-refractivity contribution is 7.09. The van der Waals surface area contributed by atoms with Crippen LogP contribution >= 0.6 is 11.3 Å².